The molecule has 176 valence electrons. The summed E-state index contributed by atoms with van der Waals surface area (Å²) in [7, 11) is 0. The van der Waals surface area contributed by atoms with Crippen LogP contribution in [0.4, 0.5) is 0 Å². The van der Waals surface area contributed by atoms with Crippen LogP contribution in [0.1, 0.15) is 69.5 Å². The van der Waals surface area contributed by atoms with E-state index in [1.807, 2.05) is 49.4 Å². The van der Waals surface area contributed by atoms with Crippen molar-refractivity contribution in [2.75, 3.05) is 0 Å². The molecule has 1 aliphatic heterocycles. The van der Waals surface area contributed by atoms with Gasteiger partial charge in [0, 0.05) is 22.0 Å². The fraction of sp³-hybridized carbons (Fsp3) is 0.481. The highest BCUT2D eigenvalue weighted by atomic mass is 35.5. The molecule has 0 bridgehead atoms. The van der Waals surface area contributed by atoms with Crippen LogP contribution in [0.5, 0.6) is 0 Å². The van der Waals surface area contributed by atoms with Gasteiger partial charge in [-0.25, -0.2) is 0 Å². The Morgan fingerprint density at radius 3 is 2.30 bits per heavy atom. The van der Waals surface area contributed by atoms with Gasteiger partial charge in [0.2, 0.25) is 5.91 Å². The van der Waals surface area contributed by atoms with Gasteiger partial charge in [0.15, 0.2) is 0 Å². The van der Waals surface area contributed by atoms with Gasteiger partial charge in [0.1, 0.15) is 0 Å². The van der Waals surface area contributed by atoms with E-state index in [2.05, 4.69) is 24.8 Å². The Bertz CT molecular complexity index is 1040. The summed E-state index contributed by atoms with van der Waals surface area (Å²) in [6.45, 7) is 6.20. The maximum absolute atomic E-state index is 14.2. The number of hydrogen-bond acceptors (Lipinski definition) is 2. The summed E-state index contributed by atoms with van der Waals surface area (Å²) in [6, 6.07) is 15.5. The second-order valence-electron chi connectivity index (χ2n) is 9.75. The van der Waals surface area contributed by atoms with E-state index in [-0.39, 0.29) is 29.8 Å². The predicted molar refractivity (Wildman–Crippen MR) is 132 cm³/mol. The molecule has 2 fully saturated rings. The highest BCUT2D eigenvalue weighted by Gasteiger charge is 2.62. The van der Waals surface area contributed by atoms with Crippen LogP contribution < -0.4 is 0 Å². The molecule has 0 radical (unpaired) electrons. The monoisotopic (exact) mass is 487 g/mol. The average Bonchev–Trinajstić information content (AvgIpc) is 3.60. The topological polar surface area (TPSA) is 57.6 Å². The molecule has 1 N–H and O–H groups in total. The van der Waals surface area contributed by atoms with E-state index < -0.39 is 17.3 Å². The summed E-state index contributed by atoms with van der Waals surface area (Å²) < 4.78 is 0. The predicted octanol–water partition coefficient (Wildman–Crippen LogP) is 6.97. The Balaban J connectivity index is 1.88. The normalized spacial score (nSPS) is 29.4. The number of benzene rings is 2. The minimum atomic E-state index is -0.803. The molecule has 4 nitrogen and oxygen atoms in total. The van der Waals surface area contributed by atoms with Gasteiger partial charge in [-0.05, 0) is 67.0 Å². The highest BCUT2D eigenvalue weighted by molar-refractivity contribution is 6.30. The number of rotatable bonds is 7. The molecule has 1 amide bonds. The van der Waals surface area contributed by atoms with Gasteiger partial charge in [0.05, 0.1) is 17.4 Å². The smallest absolute Gasteiger partial charge is 0.306 e. The van der Waals surface area contributed by atoms with Crippen molar-refractivity contribution in [1.82, 2.24) is 4.90 Å². The number of halogens is 2. The van der Waals surface area contributed by atoms with Crippen molar-refractivity contribution >= 4 is 35.1 Å². The van der Waals surface area contributed by atoms with E-state index in [1.165, 1.54) is 0 Å². The Kier molecular flexibility index (Phi) is 6.80. The summed E-state index contributed by atoms with van der Waals surface area (Å²) in [5, 5.41) is 11.0. The van der Waals surface area contributed by atoms with Crippen molar-refractivity contribution in [3.8, 4) is 0 Å². The second kappa shape index (κ2) is 9.31. The summed E-state index contributed by atoms with van der Waals surface area (Å²) in [5.74, 6) is -1.34. The van der Waals surface area contributed by atoms with Crippen molar-refractivity contribution < 1.29 is 14.7 Å². The van der Waals surface area contributed by atoms with Gasteiger partial charge in [-0.2, -0.15) is 0 Å². The lowest BCUT2D eigenvalue weighted by Gasteiger charge is -2.52. The SMILES string of the molecule is CCC(CC)N1C(=O)[C@@](C)(C2CC2C(=O)O)C[C@H](c2cccc(Cl)c2)[C@H]1c1ccc(Cl)cc1. The van der Waals surface area contributed by atoms with Crippen LogP contribution in [-0.4, -0.2) is 27.9 Å². The summed E-state index contributed by atoms with van der Waals surface area (Å²) in [4.78, 5) is 28.0. The maximum atomic E-state index is 14.2. The van der Waals surface area contributed by atoms with Crippen molar-refractivity contribution in [1.29, 1.82) is 0 Å². The molecule has 1 saturated carbocycles. The maximum Gasteiger partial charge on any atom is 0.306 e. The number of likely N-dealkylation sites (tertiary alicyclic amines) is 1. The van der Waals surface area contributed by atoms with E-state index in [9.17, 15) is 14.7 Å². The summed E-state index contributed by atoms with van der Waals surface area (Å²) in [6.07, 6.45) is 2.81. The van der Waals surface area contributed by atoms with Crippen LogP contribution in [0.2, 0.25) is 10.0 Å². The molecular formula is C27H31Cl2NO3. The fourth-order valence-corrected chi connectivity index (χ4v) is 6.24. The lowest BCUT2D eigenvalue weighted by atomic mass is 9.65. The van der Waals surface area contributed by atoms with Gasteiger partial charge in [-0.15, -0.1) is 0 Å². The van der Waals surface area contributed by atoms with Crippen molar-refractivity contribution in [2.45, 2.75) is 64.5 Å². The second-order valence-corrected chi connectivity index (χ2v) is 10.6. The Morgan fingerprint density at radius 2 is 1.76 bits per heavy atom. The number of carbonyl (C=O) groups is 2. The molecule has 1 heterocycles. The number of aliphatic carboxylic acids is 1. The molecule has 0 aromatic heterocycles. The molecule has 33 heavy (non-hydrogen) atoms. The average molecular weight is 488 g/mol. The standard InChI is InChI=1S/C27H31Cl2NO3/c1-4-20(5-2)30-24(16-9-11-18(28)12-10-16)22(17-7-6-8-19(29)13-17)15-27(3,26(30)33)23-14-21(23)25(31)32/h6-13,20-24H,4-5,14-15H2,1-3H3,(H,31,32)/t21?,22-,23?,24-,27-/m1/s1. The minimum Gasteiger partial charge on any atom is -0.481 e. The quantitative estimate of drug-likeness (QED) is 0.458. The van der Waals surface area contributed by atoms with Crippen molar-refractivity contribution in [2.24, 2.45) is 17.3 Å². The molecule has 1 aliphatic carbocycles. The lowest BCUT2D eigenvalue weighted by Crippen LogP contribution is -2.56. The van der Waals surface area contributed by atoms with Crippen molar-refractivity contribution in [3.05, 3.63) is 69.7 Å². The first-order chi connectivity index (χ1) is 15.7. The zero-order valence-electron chi connectivity index (χ0n) is 19.3. The van der Waals surface area contributed by atoms with Gasteiger partial charge in [-0.1, -0.05) is 68.2 Å². The van der Waals surface area contributed by atoms with Crippen LogP contribution in [-0.2, 0) is 9.59 Å². The molecule has 0 spiro atoms. The molecule has 6 heteroatoms. The zero-order valence-corrected chi connectivity index (χ0v) is 20.8. The van der Waals surface area contributed by atoms with E-state index in [0.29, 0.717) is 22.9 Å². The summed E-state index contributed by atoms with van der Waals surface area (Å²) >= 11 is 12.6. The number of hydrogen-bond donors (Lipinski definition) is 1. The third kappa shape index (κ3) is 4.40. The Morgan fingerprint density at radius 1 is 1.09 bits per heavy atom. The van der Waals surface area contributed by atoms with E-state index >= 15 is 0 Å². The number of carboxylic acid groups (broad SMARTS) is 1. The Labute approximate surface area is 205 Å². The Hall–Kier alpha value is -2.04. The lowest BCUT2D eigenvalue weighted by molar-refractivity contribution is -0.157. The molecule has 5 atom stereocenters. The van der Waals surface area contributed by atoms with Crippen LogP contribution in [0.3, 0.4) is 0 Å². The molecule has 2 unspecified atom stereocenters. The van der Waals surface area contributed by atoms with Gasteiger partial charge in [0.25, 0.3) is 0 Å². The third-order valence-electron chi connectivity index (χ3n) is 7.80. The number of piperidine rings is 1. The third-order valence-corrected chi connectivity index (χ3v) is 8.29. The van der Waals surface area contributed by atoms with E-state index in [4.69, 9.17) is 23.2 Å². The van der Waals surface area contributed by atoms with Crippen LogP contribution in [0.15, 0.2) is 48.5 Å². The summed E-state index contributed by atoms with van der Waals surface area (Å²) in [5.41, 5.74) is 1.38. The van der Waals surface area contributed by atoms with Crippen LogP contribution >= 0.6 is 23.2 Å². The van der Waals surface area contributed by atoms with Gasteiger partial charge < -0.3 is 10.0 Å². The first-order valence-electron chi connectivity index (χ1n) is 11.8. The minimum absolute atomic E-state index is 0.0109. The molecule has 2 aromatic rings. The first kappa shape index (κ1) is 24.1. The number of carbonyl (C=O) groups excluding carboxylic acids is 1. The van der Waals surface area contributed by atoms with Gasteiger partial charge in [-0.3, -0.25) is 9.59 Å². The molecule has 2 aliphatic rings. The molecular weight excluding hydrogens is 457 g/mol. The van der Waals surface area contributed by atoms with Crippen molar-refractivity contribution in [3.63, 3.8) is 0 Å². The number of nitrogens with zero attached hydrogens (tertiary/aromatic N) is 1. The van der Waals surface area contributed by atoms with Crippen LogP contribution in [0.25, 0.3) is 0 Å². The van der Waals surface area contributed by atoms with Gasteiger partial charge >= 0.3 is 5.97 Å². The largest absolute Gasteiger partial charge is 0.481 e. The number of carboxylic acids is 1. The first-order valence-corrected chi connectivity index (χ1v) is 12.5. The molecule has 4 rings (SSSR count). The molecule has 1 saturated heterocycles. The van der Waals surface area contributed by atoms with E-state index in [1.54, 1.807) is 0 Å². The van der Waals surface area contributed by atoms with Crippen LogP contribution in [0, 0.1) is 17.3 Å². The molecule has 2 aromatic carbocycles. The fourth-order valence-electron chi connectivity index (χ4n) is 5.92. The number of amides is 1. The van der Waals surface area contributed by atoms with E-state index in [0.717, 1.165) is 24.0 Å². The zero-order chi connectivity index (χ0) is 23.9. The highest BCUT2D eigenvalue weighted by Crippen LogP contribution is 2.61.